The third-order valence-corrected chi connectivity index (χ3v) is 4.12. The summed E-state index contributed by atoms with van der Waals surface area (Å²) in [5.41, 5.74) is 1.03. The largest absolute Gasteiger partial charge is 0.319 e. The summed E-state index contributed by atoms with van der Waals surface area (Å²) in [7, 11) is 1.93. The van der Waals surface area contributed by atoms with E-state index in [1.54, 1.807) is 11.3 Å². The molecule has 0 radical (unpaired) electrons. The number of nitrogens with zero attached hydrogens (tertiary/aromatic N) is 2. The van der Waals surface area contributed by atoms with Crippen molar-refractivity contribution >= 4 is 38.9 Å². The maximum Gasteiger partial charge on any atom is 0.148 e. The van der Waals surface area contributed by atoms with Gasteiger partial charge in [0, 0.05) is 28.0 Å². The fourth-order valence-corrected chi connectivity index (χ4v) is 3.24. The number of nitrogens with one attached hydrogen (secondary N) is 1. The maximum atomic E-state index is 5.91. The van der Waals surface area contributed by atoms with E-state index in [4.69, 9.17) is 11.6 Å². The minimum absolute atomic E-state index is 0.709. The van der Waals surface area contributed by atoms with Crippen molar-refractivity contribution in [1.82, 2.24) is 15.5 Å². The van der Waals surface area contributed by atoms with E-state index in [0.717, 1.165) is 33.0 Å². The molecule has 0 spiro atoms. The zero-order valence-corrected chi connectivity index (χ0v) is 12.4. The Balaban J connectivity index is 2.24. The van der Waals surface area contributed by atoms with Gasteiger partial charge in [-0.05, 0) is 25.2 Å². The Morgan fingerprint density at radius 1 is 1.41 bits per heavy atom. The van der Waals surface area contributed by atoms with Gasteiger partial charge in [0.25, 0.3) is 0 Å². The number of aromatic nitrogens is 2. The van der Waals surface area contributed by atoms with Crippen molar-refractivity contribution in [2.24, 2.45) is 0 Å². The second-order valence-corrected chi connectivity index (χ2v) is 5.83. The molecular formula is C11H11BrClN3S. The Bertz CT molecular complexity index is 515. The molecule has 0 bridgehead atoms. The fraction of sp³-hybridized carbons (Fsp3) is 0.273. The first-order valence-corrected chi connectivity index (χ1v) is 7.12. The standard InChI is InChI=1S/C11H11BrClN3S/c1-14-5-4-10-15-16-11(17-10)8-3-2-7(13)6-9(8)12/h2-3,6,14H,4-5H2,1H3. The molecule has 2 rings (SSSR count). The van der Waals surface area contributed by atoms with Crippen LogP contribution in [-0.4, -0.2) is 23.8 Å². The van der Waals surface area contributed by atoms with Crippen LogP contribution in [0.25, 0.3) is 10.6 Å². The average Bonchev–Trinajstić information content (AvgIpc) is 2.75. The van der Waals surface area contributed by atoms with Gasteiger partial charge in [-0.3, -0.25) is 0 Å². The number of benzene rings is 1. The molecule has 0 saturated heterocycles. The lowest BCUT2D eigenvalue weighted by atomic mass is 10.2. The van der Waals surface area contributed by atoms with Crippen LogP contribution in [0.1, 0.15) is 5.01 Å². The fourth-order valence-electron chi connectivity index (χ4n) is 1.36. The van der Waals surface area contributed by atoms with E-state index in [1.165, 1.54) is 0 Å². The molecule has 0 saturated carbocycles. The molecule has 0 amide bonds. The smallest absolute Gasteiger partial charge is 0.148 e. The van der Waals surface area contributed by atoms with Crippen LogP contribution in [0.4, 0.5) is 0 Å². The summed E-state index contributed by atoms with van der Waals surface area (Å²) in [6, 6.07) is 5.68. The van der Waals surface area contributed by atoms with Gasteiger partial charge < -0.3 is 5.32 Å². The van der Waals surface area contributed by atoms with Crippen molar-refractivity contribution < 1.29 is 0 Å². The molecule has 2 aromatic rings. The highest BCUT2D eigenvalue weighted by Gasteiger charge is 2.09. The van der Waals surface area contributed by atoms with Crippen molar-refractivity contribution in [3.63, 3.8) is 0 Å². The van der Waals surface area contributed by atoms with Crippen LogP contribution in [0.15, 0.2) is 22.7 Å². The van der Waals surface area contributed by atoms with Crippen LogP contribution < -0.4 is 5.32 Å². The Morgan fingerprint density at radius 3 is 2.94 bits per heavy atom. The lowest BCUT2D eigenvalue weighted by molar-refractivity contribution is 0.779. The summed E-state index contributed by atoms with van der Waals surface area (Å²) in [5.74, 6) is 0. The number of likely N-dealkylation sites (N-methyl/N-ethyl adjacent to an activating group) is 1. The first-order chi connectivity index (χ1) is 8.20. The third-order valence-electron chi connectivity index (χ3n) is 2.22. The molecule has 0 aliphatic heterocycles. The summed E-state index contributed by atoms with van der Waals surface area (Å²) in [6.07, 6.45) is 0.902. The number of halogens is 2. The quantitative estimate of drug-likeness (QED) is 0.932. The van der Waals surface area contributed by atoms with Crippen LogP contribution in [0.5, 0.6) is 0 Å². The molecule has 3 nitrogen and oxygen atoms in total. The van der Waals surface area contributed by atoms with Crippen molar-refractivity contribution in [2.45, 2.75) is 6.42 Å². The highest BCUT2D eigenvalue weighted by Crippen LogP contribution is 2.32. The highest BCUT2D eigenvalue weighted by atomic mass is 79.9. The normalized spacial score (nSPS) is 10.8. The predicted octanol–water partition coefficient (Wildman–Crippen LogP) is 3.38. The number of rotatable bonds is 4. The van der Waals surface area contributed by atoms with Crippen molar-refractivity contribution in [3.8, 4) is 10.6 Å². The molecule has 0 fully saturated rings. The van der Waals surface area contributed by atoms with Crippen molar-refractivity contribution in [3.05, 3.63) is 32.7 Å². The molecule has 0 aliphatic rings. The summed E-state index contributed by atoms with van der Waals surface area (Å²) in [5, 5.41) is 14.1. The van der Waals surface area contributed by atoms with Gasteiger partial charge in [-0.2, -0.15) is 0 Å². The number of hydrogen-bond acceptors (Lipinski definition) is 4. The van der Waals surface area contributed by atoms with E-state index in [2.05, 4.69) is 31.4 Å². The zero-order valence-electron chi connectivity index (χ0n) is 9.20. The summed E-state index contributed by atoms with van der Waals surface area (Å²) >= 11 is 11.0. The Hall–Kier alpha value is -0.490. The monoisotopic (exact) mass is 331 g/mol. The van der Waals surface area contributed by atoms with E-state index in [1.807, 2.05) is 25.2 Å². The van der Waals surface area contributed by atoms with Crippen LogP contribution in [-0.2, 0) is 6.42 Å². The van der Waals surface area contributed by atoms with Crippen LogP contribution in [0.3, 0.4) is 0 Å². The summed E-state index contributed by atoms with van der Waals surface area (Å²) in [6.45, 7) is 0.913. The lowest BCUT2D eigenvalue weighted by Crippen LogP contribution is -2.09. The molecule has 1 heterocycles. The van der Waals surface area contributed by atoms with Crippen molar-refractivity contribution in [2.75, 3.05) is 13.6 Å². The molecule has 1 N–H and O–H groups in total. The molecule has 6 heteroatoms. The molecular weight excluding hydrogens is 322 g/mol. The molecule has 0 unspecified atom stereocenters. The molecule has 17 heavy (non-hydrogen) atoms. The Kier molecular flexibility index (Phi) is 4.50. The van der Waals surface area contributed by atoms with Gasteiger partial charge in [0.2, 0.25) is 0 Å². The summed E-state index contributed by atoms with van der Waals surface area (Å²) < 4.78 is 0.946. The lowest BCUT2D eigenvalue weighted by Gasteiger charge is -1.99. The van der Waals surface area contributed by atoms with Crippen molar-refractivity contribution in [1.29, 1.82) is 0 Å². The van der Waals surface area contributed by atoms with Crippen LogP contribution in [0, 0.1) is 0 Å². The van der Waals surface area contributed by atoms with E-state index in [-0.39, 0.29) is 0 Å². The van der Waals surface area contributed by atoms with Gasteiger partial charge >= 0.3 is 0 Å². The van der Waals surface area contributed by atoms with E-state index in [9.17, 15) is 0 Å². The second kappa shape index (κ2) is 5.91. The molecule has 90 valence electrons. The Labute approximate surface area is 117 Å². The van der Waals surface area contributed by atoms with E-state index < -0.39 is 0 Å². The SMILES string of the molecule is CNCCc1nnc(-c2ccc(Cl)cc2Br)s1. The topological polar surface area (TPSA) is 37.8 Å². The predicted molar refractivity (Wildman–Crippen MR) is 75.7 cm³/mol. The summed E-state index contributed by atoms with van der Waals surface area (Å²) in [4.78, 5) is 0. The molecule has 0 atom stereocenters. The van der Waals surface area contributed by atoms with Gasteiger partial charge in [0.15, 0.2) is 0 Å². The van der Waals surface area contributed by atoms with E-state index in [0.29, 0.717) is 5.02 Å². The molecule has 1 aromatic heterocycles. The molecule has 0 aliphatic carbocycles. The minimum Gasteiger partial charge on any atom is -0.319 e. The molecule has 1 aromatic carbocycles. The average molecular weight is 333 g/mol. The van der Waals surface area contributed by atoms with Crippen LogP contribution >= 0.6 is 38.9 Å². The highest BCUT2D eigenvalue weighted by molar-refractivity contribution is 9.10. The minimum atomic E-state index is 0.709. The van der Waals surface area contributed by atoms with Gasteiger partial charge in [-0.15, -0.1) is 10.2 Å². The van der Waals surface area contributed by atoms with Gasteiger partial charge in [0.05, 0.1) is 0 Å². The zero-order chi connectivity index (χ0) is 12.3. The van der Waals surface area contributed by atoms with E-state index >= 15 is 0 Å². The third kappa shape index (κ3) is 3.25. The Morgan fingerprint density at radius 2 is 2.24 bits per heavy atom. The van der Waals surface area contributed by atoms with Gasteiger partial charge in [-0.25, -0.2) is 0 Å². The van der Waals surface area contributed by atoms with Gasteiger partial charge in [0.1, 0.15) is 10.0 Å². The maximum absolute atomic E-state index is 5.91. The second-order valence-electron chi connectivity index (χ2n) is 3.48. The van der Waals surface area contributed by atoms with Gasteiger partial charge in [-0.1, -0.05) is 38.9 Å². The van der Waals surface area contributed by atoms with Crippen LogP contribution in [0.2, 0.25) is 5.02 Å². The first-order valence-electron chi connectivity index (χ1n) is 5.13. The number of hydrogen-bond donors (Lipinski definition) is 1. The first kappa shape index (κ1) is 13.0.